The van der Waals surface area contributed by atoms with Crippen LogP contribution in [-0.2, 0) is 0 Å². The molecule has 1 radical (unpaired) electrons. The Hall–Kier alpha value is -2.10. The molecular weight excluding hydrogens is 180 g/mol. The van der Waals surface area contributed by atoms with Gasteiger partial charge in [0.05, 0.1) is 11.9 Å². The predicted molar refractivity (Wildman–Crippen MR) is 49.4 cm³/mol. The summed E-state index contributed by atoms with van der Waals surface area (Å²) in [7, 11) is 0. The van der Waals surface area contributed by atoms with E-state index >= 15 is 0 Å². The molecule has 0 unspecified atom stereocenters. The van der Waals surface area contributed by atoms with Gasteiger partial charge in [-0.1, -0.05) is 18.2 Å². The van der Waals surface area contributed by atoms with E-state index in [-0.39, 0.29) is 5.56 Å². The van der Waals surface area contributed by atoms with Crippen LogP contribution in [0.15, 0.2) is 36.5 Å². The lowest BCUT2D eigenvalue weighted by molar-refractivity contribution is 0.0696. The molecule has 0 bridgehead atoms. The number of benzene rings is 1. The number of carboxylic acid groups (broad SMARTS) is 1. The highest BCUT2D eigenvalue weighted by molar-refractivity contribution is 5.86. The fraction of sp³-hybridized carbons (Fsp3) is 0. The molecule has 0 aliphatic rings. The summed E-state index contributed by atoms with van der Waals surface area (Å²) in [6, 6.07) is 9.24. The van der Waals surface area contributed by atoms with Crippen molar-refractivity contribution >= 4 is 5.97 Å². The van der Waals surface area contributed by atoms with Crippen molar-refractivity contribution in [2.24, 2.45) is 0 Å². The van der Waals surface area contributed by atoms with Crippen LogP contribution in [0.1, 0.15) is 10.4 Å². The summed E-state index contributed by atoms with van der Waals surface area (Å²) in [4.78, 5) is 10.6. The second-order valence-electron chi connectivity index (χ2n) is 2.72. The Labute approximate surface area is 80.4 Å². The minimum atomic E-state index is -1.02. The summed E-state index contributed by atoms with van der Waals surface area (Å²) in [5.74, 6) is -1.02. The molecule has 0 amide bonds. The van der Waals surface area contributed by atoms with Gasteiger partial charge in [-0.2, -0.15) is 5.10 Å². The van der Waals surface area contributed by atoms with Crippen molar-refractivity contribution < 1.29 is 9.90 Å². The monoisotopic (exact) mass is 187 g/mol. The molecule has 0 saturated heterocycles. The lowest BCUT2D eigenvalue weighted by atomic mass is 10.3. The maximum absolute atomic E-state index is 10.6. The molecule has 1 aromatic heterocycles. The van der Waals surface area contributed by atoms with Gasteiger partial charge in [0.2, 0.25) is 0 Å². The van der Waals surface area contributed by atoms with E-state index < -0.39 is 5.97 Å². The van der Waals surface area contributed by atoms with E-state index in [4.69, 9.17) is 5.11 Å². The molecule has 2 aromatic rings. The van der Waals surface area contributed by atoms with Gasteiger partial charge < -0.3 is 5.11 Å². The van der Waals surface area contributed by atoms with Gasteiger partial charge >= 0.3 is 5.97 Å². The van der Waals surface area contributed by atoms with Crippen LogP contribution < -0.4 is 0 Å². The highest BCUT2D eigenvalue weighted by Gasteiger charge is 2.07. The zero-order valence-corrected chi connectivity index (χ0v) is 7.21. The average molecular weight is 187 g/mol. The number of rotatable bonds is 2. The van der Waals surface area contributed by atoms with E-state index in [1.54, 1.807) is 0 Å². The number of nitrogens with zero attached hydrogens (tertiary/aromatic N) is 2. The van der Waals surface area contributed by atoms with Gasteiger partial charge in [-0.3, -0.25) is 0 Å². The molecule has 0 spiro atoms. The van der Waals surface area contributed by atoms with Crippen LogP contribution in [0, 0.1) is 6.20 Å². The van der Waals surface area contributed by atoms with Crippen LogP contribution in [0.4, 0.5) is 0 Å². The molecule has 69 valence electrons. The molecular formula is C10H7N2O2. The highest BCUT2D eigenvalue weighted by Crippen LogP contribution is 2.06. The molecule has 0 aliphatic heterocycles. The number of carbonyl (C=O) groups is 1. The second-order valence-corrected chi connectivity index (χ2v) is 2.72. The molecule has 1 heterocycles. The molecule has 1 N–H and O–H groups in total. The summed E-state index contributed by atoms with van der Waals surface area (Å²) in [6.45, 7) is 0. The van der Waals surface area contributed by atoms with E-state index in [2.05, 4.69) is 11.3 Å². The number of para-hydroxylation sites is 1. The Morgan fingerprint density at radius 1 is 1.36 bits per heavy atom. The van der Waals surface area contributed by atoms with Gasteiger partial charge in [0.25, 0.3) is 0 Å². The summed E-state index contributed by atoms with van der Waals surface area (Å²) >= 11 is 0. The van der Waals surface area contributed by atoms with Crippen LogP contribution in [0.3, 0.4) is 0 Å². The topological polar surface area (TPSA) is 55.1 Å². The Morgan fingerprint density at radius 2 is 2.07 bits per heavy atom. The van der Waals surface area contributed by atoms with E-state index in [0.29, 0.717) is 0 Å². The average Bonchev–Trinajstić information content (AvgIpc) is 2.68. The summed E-state index contributed by atoms with van der Waals surface area (Å²) in [5, 5.41) is 12.5. The van der Waals surface area contributed by atoms with Crippen molar-refractivity contribution in [1.82, 2.24) is 9.78 Å². The Morgan fingerprint density at radius 3 is 2.64 bits per heavy atom. The zero-order valence-electron chi connectivity index (χ0n) is 7.21. The van der Waals surface area contributed by atoms with Gasteiger partial charge in [-0.15, -0.1) is 0 Å². The number of hydrogen-bond donors (Lipinski definition) is 1. The summed E-state index contributed by atoms with van der Waals surface area (Å²) in [6.07, 6.45) is 3.91. The first-order valence-corrected chi connectivity index (χ1v) is 4.03. The van der Waals surface area contributed by atoms with Crippen LogP contribution in [0.25, 0.3) is 5.69 Å². The maximum Gasteiger partial charge on any atom is 0.339 e. The van der Waals surface area contributed by atoms with Crippen LogP contribution >= 0.6 is 0 Å². The Kier molecular flexibility index (Phi) is 2.02. The number of aromatic carboxylic acids is 1. The van der Waals surface area contributed by atoms with E-state index in [1.165, 1.54) is 10.9 Å². The molecule has 1 aromatic carbocycles. The lowest BCUT2D eigenvalue weighted by Crippen LogP contribution is -1.95. The largest absolute Gasteiger partial charge is 0.478 e. The van der Waals surface area contributed by atoms with Gasteiger partial charge in [-0.25, -0.2) is 9.48 Å². The minimum absolute atomic E-state index is 0.0638. The normalized spacial score (nSPS) is 10.0. The van der Waals surface area contributed by atoms with Crippen molar-refractivity contribution in [2.75, 3.05) is 0 Å². The number of carboxylic acids is 1. The molecule has 14 heavy (non-hydrogen) atoms. The minimum Gasteiger partial charge on any atom is -0.478 e. The van der Waals surface area contributed by atoms with Crippen molar-refractivity contribution in [2.45, 2.75) is 0 Å². The van der Waals surface area contributed by atoms with Gasteiger partial charge in [0, 0.05) is 0 Å². The maximum atomic E-state index is 10.6. The van der Waals surface area contributed by atoms with Gasteiger partial charge in [0.1, 0.15) is 11.8 Å². The Balaban J connectivity index is 2.39. The molecule has 0 fully saturated rings. The van der Waals surface area contributed by atoms with Crippen molar-refractivity contribution in [3.63, 3.8) is 0 Å². The predicted octanol–water partition coefficient (Wildman–Crippen LogP) is 1.37. The van der Waals surface area contributed by atoms with Crippen molar-refractivity contribution in [3.05, 3.63) is 48.3 Å². The highest BCUT2D eigenvalue weighted by atomic mass is 16.4. The van der Waals surface area contributed by atoms with Crippen LogP contribution in [0.5, 0.6) is 0 Å². The van der Waals surface area contributed by atoms with Crippen LogP contribution in [-0.4, -0.2) is 20.9 Å². The molecule has 0 saturated carbocycles. The molecule has 0 aliphatic carbocycles. The number of hydrogen-bond acceptors (Lipinski definition) is 2. The van der Waals surface area contributed by atoms with Crippen LogP contribution in [0.2, 0.25) is 0 Å². The third-order valence-electron chi connectivity index (χ3n) is 1.76. The summed E-state index contributed by atoms with van der Waals surface area (Å²) < 4.78 is 1.41. The number of aromatic nitrogens is 2. The third kappa shape index (κ3) is 1.50. The molecule has 4 nitrogen and oxygen atoms in total. The zero-order chi connectivity index (χ0) is 9.97. The quantitative estimate of drug-likeness (QED) is 0.772. The van der Waals surface area contributed by atoms with E-state index in [0.717, 1.165) is 5.69 Å². The van der Waals surface area contributed by atoms with Gasteiger partial charge in [0.15, 0.2) is 0 Å². The first-order chi connectivity index (χ1) is 6.77. The Bertz CT molecular complexity index is 448. The molecule has 2 rings (SSSR count). The fourth-order valence-electron chi connectivity index (χ4n) is 1.09. The van der Waals surface area contributed by atoms with Crippen molar-refractivity contribution in [1.29, 1.82) is 0 Å². The smallest absolute Gasteiger partial charge is 0.339 e. The summed E-state index contributed by atoms with van der Waals surface area (Å²) in [5.41, 5.74) is 0.855. The van der Waals surface area contributed by atoms with E-state index in [9.17, 15) is 4.79 Å². The first-order valence-electron chi connectivity index (χ1n) is 4.03. The van der Waals surface area contributed by atoms with Gasteiger partial charge in [-0.05, 0) is 12.1 Å². The van der Waals surface area contributed by atoms with E-state index in [1.807, 2.05) is 30.3 Å². The molecule has 4 heteroatoms. The second kappa shape index (κ2) is 3.33. The third-order valence-corrected chi connectivity index (χ3v) is 1.76. The SMILES string of the molecule is O=C(O)c1[c]n(-c2ccccc2)nc1. The standard InChI is InChI=1S/C10H7N2O2/c13-10(14)8-6-11-12(7-8)9-4-2-1-3-5-9/h1-6H,(H,13,14). The van der Waals surface area contributed by atoms with Crippen molar-refractivity contribution in [3.8, 4) is 5.69 Å². The fourth-order valence-corrected chi connectivity index (χ4v) is 1.09. The molecule has 0 atom stereocenters. The lowest BCUT2D eigenvalue weighted by Gasteiger charge is -1.97. The first kappa shape index (κ1) is 8.50.